The highest BCUT2D eigenvalue weighted by atomic mass is 35.5. The Kier molecular flexibility index (Phi) is 6.10. The van der Waals surface area contributed by atoms with Gasteiger partial charge in [-0.2, -0.15) is 0 Å². The van der Waals surface area contributed by atoms with Crippen LogP contribution >= 0.6 is 23.4 Å². The molecule has 1 heterocycles. The van der Waals surface area contributed by atoms with Gasteiger partial charge in [0.15, 0.2) is 0 Å². The third kappa shape index (κ3) is 4.87. The molecule has 1 aromatic heterocycles. The molecule has 138 valence electrons. The predicted octanol–water partition coefficient (Wildman–Crippen LogP) is 3.25. The Morgan fingerprint density at radius 2 is 1.81 bits per heavy atom. The van der Waals surface area contributed by atoms with Gasteiger partial charge in [-0.3, -0.25) is 20.4 Å². The maximum atomic E-state index is 12.1. The molecule has 0 fully saturated rings. The van der Waals surface area contributed by atoms with Crippen LogP contribution in [0.2, 0.25) is 5.02 Å². The molecular weight excluding hydrogens is 388 g/mol. The van der Waals surface area contributed by atoms with Crippen LogP contribution in [0.3, 0.4) is 0 Å². The molecule has 0 saturated carbocycles. The number of amides is 2. The maximum Gasteiger partial charge on any atom is 0.277 e. The molecule has 0 saturated heterocycles. The van der Waals surface area contributed by atoms with Crippen molar-refractivity contribution >= 4 is 35.2 Å². The number of hydrogen-bond donors (Lipinski definition) is 2. The lowest BCUT2D eigenvalue weighted by molar-refractivity contribution is -0.119. The zero-order chi connectivity index (χ0) is 19.2. The first-order valence-corrected chi connectivity index (χ1v) is 9.27. The summed E-state index contributed by atoms with van der Waals surface area (Å²) in [4.78, 5) is 24.0. The van der Waals surface area contributed by atoms with Crippen LogP contribution in [0.15, 0.2) is 58.2 Å². The van der Waals surface area contributed by atoms with E-state index in [1.54, 1.807) is 30.3 Å². The SMILES string of the molecule is Cc1ccccc1C(=O)NNC(=O)CSc1nnc(-c2ccccc2Cl)o1. The molecule has 7 nitrogen and oxygen atoms in total. The number of benzene rings is 2. The van der Waals surface area contributed by atoms with Crippen molar-refractivity contribution in [2.75, 3.05) is 5.75 Å². The molecule has 3 aromatic rings. The van der Waals surface area contributed by atoms with Gasteiger partial charge >= 0.3 is 0 Å². The van der Waals surface area contributed by atoms with Crippen molar-refractivity contribution in [2.24, 2.45) is 0 Å². The molecule has 0 bridgehead atoms. The molecule has 2 N–H and O–H groups in total. The summed E-state index contributed by atoms with van der Waals surface area (Å²) in [5.41, 5.74) is 6.66. The van der Waals surface area contributed by atoms with Gasteiger partial charge in [0, 0.05) is 5.56 Å². The molecule has 0 aliphatic heterocycles. The monoisotopic (exact) mass is 402 g/mol. The molecule has 0 spiro atoms. The number of rotatable bonds is 5. The zero-order valence-electron chi connectivity index (χ0n) is 14.2. The Balaban J connectivity index is 1.51. The van der Waals surface area contributed by atoms with Crippen molar-refractivity contribution in [3.8, 4) is 11.5 Å². The largest absolute Gasteiger partial charge is 0.411 e. The fraction of sp³-hybridized carbons (Fsp3) is 0.111. The van der Waals surface area contributed by atoms with Crippen molar-refractivity contribution in [3.05, 3.63) is 64.7 Å². The van der Waals surface area contributed by atoms with Crippen LogP contribution in [0.4, 0.5) is 0 Å². The van der Waals surface area contributed by atoms with E-state index in [1.807, 2.05) is 25.1 Å². The molecule has 0 aliphatic rings. The second-order valence-corrected chi connectivity index (χ2v) is 6.79. The van der Waals surface area contributed by atoms with E-state index in [0.29, 0.717) is 16.1 Å². The summed E-state index contributed by atoms with van der Waals surface area (Å²) >= 11 is 7.14. The Hall–Kier alpha value is -2.84. The average molecular weight is 403 g/mol. The molecule has 2 amide bonds. The molecular formula is C18H15ClN4O3S. The second kappa shape index (κ2) is 8.70. The van der Waals surface area contributed by atoms with E-state index < -0.39 is 5.91 Å². The van der Waals surface area contributed by atoms with Crippen LogP contribution in [-0.2, 0) is 4.79 Å². The van der Waals surface area contributed by atoms with Gasteiger partial charge in [0.1, 0.15) is 0 Å². The molecule has 9 heteroatoms. The average Bonchev–Trinajstić information content (AvgIpc) is 3.14. The minimum atomic E-state index is -0.403. The van der Waals surface area contributed by atoms with E-state index in [9.17, 15) is 9.59 Å². The lowest BCUT2D eigenvalue weighted by Crippen LogP contribution is -2.42. The lowest BCUT2D eigenvalue weighted by Gasteiger charge is -2.08. The minimum Gasteiger partial charge on any atom is -0.411 e. The molecule has 0 unspecified atom stereocenters. The first-order valence-electron chi connectivity index (χ1n) is 7.90. The van der Waals surface area contributed by atoms with Crippen LogP contribution in [0.25, 0.3) is 11.5 Å². The summed E-state index contributed by atoms with van der Waals surface area (Å²) in [7, 11) is 0. The van der Waals surface area contributed by atoms with Gasteiger partial charge in [0.05, 0.1) is 16.3 Å². The van der Waals surface area contributed by atoms with Crippen molar-refractivity contribution in [2.45, 2.75) is 12.1 Å². The molecule has 0 atom stereocenters. The number of thioether (sulfide) groups is 1. The third-order valence-electron chi connectivity index (χ3n) is 3.54. The highest BCUT2D eigenvalue weighted by Crippen LogP contribution is 2.28. The summed E-state index contributed by atoms with van der Waals surface area (Å²) in [6.45, 7) is 1.82. The fourth-order valence-electron chi connectivity index (χ4n) is 2.20. The quantitative estimate of drug-likeness (QED) is 0.502. The number of halogens is 1. The normalized spacial score (nSPS) is 10.4. The Morgan fingerprint density at radius 1 is 1.07 bits per heavy atom. The zero-order valence-corrected chi connectivity index (χ0v) is 15.8. The predicted molar refractivity (Wildman–Crippen MR) is 102 cm³/mol. The van der Waals surface area contributed by atoms with Gasteiger partial charge in [0.25, 0.3) is 11.1 Å². The summed E-state index contributed by atoms with van der Waals surface area (Å²) in [5.74, 6) is -0.515. The summed E-state index contributed by atoms with van der Waals surface area (Å²) in [6.07, 6.45) is 0. The van der Waals surface area contributed by atoms with E-state index in [0.717, 1.165) is 17.3 Å². The van der Waals surface area contributed by atoms with E-state index in [1.165, 1.54) is 0 Å². The van der Waals surface area contributed by atoms with Gasteiger partial charge in [-0.15, -0.1) is 10.2 Å². The highest BCUT2D eigenvalue weighted by molar-refractivity contribution is 7.99. The van der Waals surface area contributed by atoms with Gasteiger partial charge in [-0.05, 0) is 30.7 Å². The fourth-order valence-corrected chi connectivity index (χ4v) is 2.98. The number of aromatic nitrogens is 2. The van der Waals surface area contributed by atoms with Gasteiger partial charge in [-0.25, -0.2) is 0 Å². The highest BCUT2D eigenvalue weighted by Gasteiger charge is 2.14. The van der Waals surface area contributed by atoms with E-state index in [-0.39, 0.29) is 22.8 Å². The maximum absolute atomic E-state index is 12.1. The standard InChI is InChI=1S/C18H15ClN4O3S/c1-11-6-2-3-7-12(11)16(25)21-20-15(24)10-27-18-23-22-17(26-18)13-8-4-5-9-14(13)19/h2-9H,10H2,1H3,(H,20,24)(H,21,25). The number of nitrogens with zero attached hydrogens (tertiary/aromatic N) is 2. The van der Waals surface area contributed by atoms with Crippen molar-refractivity contribution in [1.82, 2.24) is 21.0 Å². The van der Waals surface area contributed by atoms with E-state index in [2.05, 4.69) is 21.0 Å². The number of nitrogens with one attached hydrogen (secondary N) is 2. The van der Waals surface area contributed by atoms with Crippen LogP contribution in [-0.4, -0.2) is 27.8 Å². The molecule has 0 aliphatic carbocycles. The van der Waals surface area contributed by atoms with Gasteiger partial charge in [-0.1, -0.05) is 53.7 Å². The Morgan fingerprint density at radius 3 is 2.59 bits per heavy atom. The molecule has 27 heavy (non-hydrogen) atoms. The van der Waals surface area contributed by atoms with Crippen molar-refractivity contribution in [1.29, 1.82) is 0 Å². The van der Waals surface area contributed by atoms with Crippen LogP contribution in [0.1, 0.15) is 15.9 Å². The number of hydrogen-bond acceptors (Lipinski definition) is 6. The van der Waals surface area contributed by atoms with E-state index >= 15 is 0 Å². The molecule has 3 rings (SSSR count). The summed E-state index contributed by atoms with van der Waals surface area (Å²) < 4.78 is 5.50. The number of carbonyl (C=O) groups excluding carboxylic acids is 2. The Labute approximate surface area is 164 Å². The van der Waals surface area contributed by atoms with Crippen LogP contribution in [0, 0.1) is 6.92 Å². The smallest absolute Gasteiger partial charge is 0.277 e. The lowest BCUT2D eigenvalue weighted by atomic mass is 10.1. The summed E-state index contributed by atoms with van der Waals surface area (Å²) in [5, 5.41) is 8.53. The topological polar surface area (TPSA) is 97.1 Å². The first kappa shape index (κ1) is 18.9. The van der Waals surface area contributed by atoms with Crippen LogP contribution in [0.5, 0.6) is 0 Å². The molecule has 2 aromatic carbocycles. The van der Waals surface area contributed by atoms with Gasteiger partial charge in [0.2, 0.25) is 11.8 Å². The molecule has 0 radical (unpaired) electrons. The van der Waals surface area contributed by atoms with Crippen LogP contribution < -0.4 is 10.9 Å². The number of aryl methyl sites for hydroxylation is 1. The number of hydrazine groups is 1. The first-order chi connectivity index (χ1) is 13.0. The van der Waals surface area contributed by atoms with E-state index in [4.69, 9.17) is 16.0 Å². The van der Waals surface area contributed by atoms with Gasteiger partial charge < -0.3 is 4.42 Å². The second-order valence-electron chi connectivity index (χ2n) is 5.46. The summed E-state index contributed by atoms with van der Waals surface area (Å²) in [6, 6.07) is 14.2. The number of carbonyl (C=O) groups is 2. The minimum absolute atomic E-state index is 0.00178. The van der Waals surface area contributed by atoms with Crippen molar-refractivity contribution in [3.63, 3.8) is 0 Å². The third-order valence-corrected chi connectivity index (χ3v) is 4.69. The van der Waals surface area contributed by atoms with Crippen molar-refractivity contribution < 1.29 is 14.0 Å². The Bertz CT molecular complexity index is 977.